The Labute approximate surface area is 158 Å². The van der Waals surface area contributed by atoms with E-state index in [9.17, 15) is 9.18 Å². The van der Waals surface area contributed by atoms with Crippen LogP contribution in [0.3, 0.4) is 0 Å². The van der Waals surface area contributed by atoms with E-state index < -0.39 is 17.4 Å². The second kappa shape index (κ2) is 7.14. The number of nitrogens with one attached hydrogen (secondary N) is 1. The molecule has 2 aromatic carbocycles. The number of halogens is 3. The van der Waals surface area contributed by atoms with Crippen LogP contribution in [0.1, 0.15) is 17.5 Å². The first-order valence-electron chi connectivity index (χ1n) is 7.53. The number of alkyl halides is 1. The maximum Gasteiger partial charge on any atom is 0.309 e. The second-order valence-corrected chi connectivity index (χ2v) is 6.67. The molecule has 7 heteroatoms. The lowest BCUT2D eigenvalue weighted by Crippen LogP contribution is -2.44. The first-order valence-corrected chi connectivity index (χ1v) is 9.03. The Morgan fingerprint density at radius 3 is 2.76 bits per heavy atom. The van der Waals surface area contributed by atoms with E-state index in [2.05, 4.69) is 21.2 Å². The smallest absolute Gasteiger partial charge is 0.309 e. The van der Waals surface area contributed by atoms with Crippen LogP contribution in [0.5, 0.6) is 0 Å². The van der Waals surface area contributed by atoms with Gasteiger partial charge in [-0.2, -0.15) is 0 Å². The summed E-state index contributed by atoms with van der Waals surface area (Å²) in [4.78, 5) is 16.6. The minimum atomic E-state index is -0.981. The summed E-state index contributed by atoms with van der Waals surface area (Å²) < 4.78 is 19.2. The van der Waals surface area contributed by atoms with Gasteiger partial charge < -0.3 is 10.1 Å². The molecule has 0 saturated heterocycles. The maximum atomic E-state index is 14.4. The third kappa shape index (κ3) is 3.55. The number of carbonyl (C=O) groups excluding carboxylic acids is 1. The van der Waals surface area contributed by atoms with E-state index >= 15 is 0 Å². The van der Waals surface area contributed by atoms with Crippen molar-refractivity contribution < 1.29 is 13.9 Å². The molecular formula is C18H15BrClFN2O2. The molecule has 0 spiro atoms. The van der Waals surface area contributed by atoms with Gasteiger partial charge in [-0.1, -0.05) is 39.7 Å². The quantitative estimate of drug-likeness (QED) is 0.584. The third-order valence-corrected chi connectivity index (χ3v) is 5.11. The van der Waals surface area contributed by atoms with Crippen LogP contribution in [0.2, 0.25) is 5.02 Å². The molecule has 2 aromatic rings. The second-order valence-electron chi connectivity index (χ2n) is 5.67. The van der Waals surface area contributed by atoms with E-state index in [-0.39, 0.29) is 6.42 Å². The van der Waals surface area contributed by atoms with Crippen molar-refractivity contribution in [3.63, 3.8) is 0 Å². The van der Waals surface area contributed by atoms with Gasteiger partial charge >= 0.3 is 5.97 Å². The van der Waals surface area contributed by atoms with Crippen molar-refractivity contribution in [2.75, 3.05) is 17.8 Å². The molecule has 1 atom stereocenters. The van der Waals surface area contributed by atoms with Crippen molar-refractivity contribution >= 4 is 44.9 Å². The third-order valence-electron chi connectivity index (χ3n) is 3.94. The van der Waals surface area contributed by atoms with E-state index in [1.807, 2.05) is 0 Å². The number of fused-ring (bicyclic) bond motifs is 1. The number of ether oxygens (including phenoxy) is 1. The molecule has 1 unspecified atom stereocenters. The monoisotopic (exact) mass is 424 g/mol. The van der Waals surface area contributed by atoms with Crippen molar-refractivity contribution in [2.45, 2.75) is 12.1 Å². The SMILES string of the molecule is COC(=O)CC1(CBr)N=C(c2ccccc2F)c2cc(Cl)ccc2N1. The zero-order valence-corrected chi connectivity index (χ0v) is 15.7. The summed E-state index contributed by atoms with van der Waals surface area (Å²) in [6, 6.07) is 11.6. The highest BCUT2D eigenvalue weighted by molar-refractivity contribution is 9.09. The van der Waals surface area contributed by atoms with Crippen molar-refractivity contribution in [3.05, 3.63) is 64.4 Å². The van der Waals surface area contributed by atoms with Crippen molar-refractivity contribution in [2.24, 2.45) is 4.99 Å². The molecule has 0 aromatic heterocycles. The molecule has 0 bridgehead atoms. The van der Waals surface area contributed by atoms with Gasteiger partial charge in [0.1, 0.15) is 5.82 Å². The number of carbonyl (C=O) groups is 1. The van der Waals surface area contributed by atoms with Crippen LogP contribution in [0, 0.1) is 5.82 Å². The summed E-state index contributed by atoms with van der Waals surface area (Å²) in [5.41, 5.74) is 1.21. The van der Waals surface area contributed by atoms with Gasteiger partial charge in [0.15, 0.2) is 5.66 Å². The van der Waals surface area contributed by atoms with Gasteiger partial charge in [-0.25, -0.2) is 4.39 Å². The molecule has 1 aliphatic rings. The molecule has 1 N–H and O–H groups in total. The lowest BCUT2D eigenvalue weighted by molar-refractivity contribution is -0.141. The molecular weight excluding hydrogens is 411 g/mol. The molecule has 3 rings (SSSR count). The fourth-order valence-corrected chi connectivity index (χ4v) is 3.37. The number of anilines is 1. The van der Waals surface area contributed by atoms with Crippen LogP contribution in [0.25, 0.3) is 0 Å². The minimum Gasteiger partial charge on any atom is -0.469 e. The highest BCUT2D eigenvalue weighted by Crippen LogP contribution is 2.35. The zero-order valence-electron chi connectivity index (χ0n) is 13.4. The molecule has 25 heavy (non-hydrogen) atoms. The normalized spacial score (nSPS) is 18.8. The van der Waals surface area contributed by atoms with Crippen LogP contribution < -0.4 is 5.32 Å². The highest BCUT2D eigenvalue weighted by atomic mass is 79.9. The van der Waals surface area contributed by atoms with Crippen LogP contribution in [-0.4, -0.2) is 29.8 Å². The van der Waals surface area contributed by atoms with E-state index in [4.69, 9.17) is 21.3 Å². The number of aliphatic imine (C=N–C) groups is 1. The number of rotatable bonds is 4. The summed E-state index contributed by atoms with van der Waals surface area (Å²) in [7, 11) is 1.32. The summed E-state index contributed by atoms with van der Waals surface area (Å²) in [6.07, 6.45) is -0.00519. The fraction of sp³-hybridized carbons (Fsp3) is 0.222. The molecule has 1 aliphatic heterocycles. The number of hydrogen-bond acceptors (Lipinski definition) is 4. The van der Waals surface area contributed by atoms with Crippen molar-refractivity contribution in [3.8, 4) is 0 Å². The number of methoxy groups -OCH3 is 1. The Morgan fingerprint density at radius 1 is 1.32 bits per heavy atom. The van der Waals surface area contributed by atoms with Crippen LogP contribution in [0.4, 0.5) is 10.1 Å². The average molecular weight is 426 g/mol. The van der Waals surface area contributed by atoms with Crippen LogP contribution in [0.15, 0.2) is 47.5 Å². The van der Waals surface area contributed by atoms with Gasteiger partial charge in [-0.3, -0.25) is 9.79 Å². The molecule has 0 aliphatic carbocycles. The Morgan fingerprint density at radius 2 is 2.08 bits per heavy atom. The standard InChI is InChI=1S/C18H15BrClFN2O2/c1-25-16(24)9-18(10-19)22-15-7-6-11(20)8-13(15)17(23-18)12-4-2-3-5-14(12)21/h2-8,22H,9-10H2,1H3. The molecule has 0 fully saturated rings. The Balaban J connectivity index is 2.20. The van der Waals surface area contributed by atoms with Gasteiger partial charge in [0.05, 0.1) is 19.2 Å². The van der Waals surface area contributed by atoms with Crippen molar-refractivity contribution in [1.29, 1.82) is 0 Å². The summed E-state index contributed by atoms with van der Waals surface area (Å²) >= 11 is 9.53. The molecule has 1 heterocycles. The number of benzene rings is 2. The fourth-order valence-electron chi connectivity index (χ4n) is 2.74. The first kappa shape index (κ1) is 17.9. The number of nitrogens with zero attached hydrogens (tertiary/aromatic N) is 1. The summed E-state index contributed by atoms with van der Waals surface area (Å²) in [5, 5.41) is 4.12. The van der Waals surface area contributed by atoms with Gasteiger partial charge in [0, 0.05) is 27.2 Å². The van der Waals surface area contributed by atoms with E-state index in [0.717, 1.165) is 5.69 Å². The summed E-state index contributed by atoms with van der Waals surface area (Å²) in [5.74, 6) is -0.809. The van der Waals surface area contributed by atoms with Gasteiger partial charge in [0.2, 0.25) is 0 Å². The highest BCUT2D eigenvalue weighted by Gasteiger charge is 2.37. The van der Waals surface area contributed by atoms with E-state index in [0.29, 0.717) is 27.2 Å². The number of esters is 1. The van der Waals surface area contributed by atoms with Crippen molar-refractivity contribution in [1.82, 2.24) is 0 Å². The minimum absolute atomic E-state index is 0.00519. The lowest BCUT2D eigenvalue weighted by Gasteiger charge is -2.35. The van der Waals surface area contributed by atoms with E-state index in [1.165, 1.54) is 13.2 Å². The Kier molecular flexibility index (Phi) is 5.11. The molecule has 0 radical (unpaired) electrons. The van der Waals surface area contributed by atoms with Gasteiger partial charge in [-0.05, 0) is 30.3 Å². The average Bonchev–Trinajstić information content (AvgIpc) is 2.62. The molecule has 0 amide bonds. The first-order chi connectivity index (χ1) is 12.0. The largest absolute Gasteiger partial charge is 0.469 e. The van der Waals surface area contributed by atoms with Crippen LogP contribution in [-0.2, 0) is 9.53 Å². The van der Waals surface area contributed by atoms with Crippen LogP contribution >= 0.6 is 27.5 Å². The topological polar surface area (TPSA) is 50.7 Å². The van der Waals surface area contributed by atoms with E-state index in [1.54, 1.807) is 36.4 Å². The van der Waals surface area contributed by atoms with Gasteiger partial charge in [-0.15, -0.1) is 0 Å². The lowest BCUT2D eigenvalue weighted by atomic mass is 9.94. The van der Waals surface area contributed by atoms with Gasteiger partial charge in [0.25, 0.3) is 0 Å². The molecule has 4 nitrogen and oxygen atoms in total. The Bertz CT molecular complexity index is 859. The Hall–Kier alpha value is -1.92. The predicted octanol–water partition coefficient (Wildman–Crippen LogP) is 4.40. The number of hydrogen-bond donors (Lipinski definition) is 1. The predicted molar refractivity (Wildman–Crippen MR) is 100 cm³/mol. The summed E-state index contributed by atoms with van der Waals surface area (Å²) in [6.45, 7) is 0. The molecule has 0 saturated carbocycles. The zero-order chi connectivity index (χ0) is 18.0. The molecule has 130 valence electrons. The maximum absolute atomic E-state index is 14.4.